The fourth-order valence-electron chi connectivity index (χ4n) is 4.58. The smallest absolute Gasteiger partial charge is 0.507 e. The number of aliphatic hydroxyl groups is 3. The first-order chi connectivity index (χ1) is 21.4. The van der Waals surface area contributed by atoms with Gasteiger partial charge in [-0.2, -0.15) is 0 Å². The van der Waals surface area contributed by atoms with Crippen molar-refractivity contribution in [2.24, 2.45) is 0 Å². The lowest BCUT2D eigenvalue weighted by Crippen LogP contribution is -2.60. The molecule has 236 valence electrons. The molecule has 2 heterocycles. The summed E-state index contributed by atoms with van der Waals surface area (Å²) >= 11 is 0. The van der Waals surface area contributed by atoms with Crippen molar-refractivity contribution < 1.29 is 63.9 Å². The Labute approximate surface area is 254 Å². The number of fused-ring (bicyclic) bond motifs is 1. The van der Waals surface area contributed by atoms with Gasteiger partial charge in [-0.15, -0.1) is 0 Å². The Morgan fingerprint density at radius 1 is 0.867 bits per heavy atom. The molecule has 0 spiro atoms. The number of ether oxygens (including phenoxy) is 4. The fourth-order valence-corrected chi connectivity index (χ4v) is 4.58. The van der Waals surface area contributed by atoms with Crippen LogP contribution in [0.4, 0.5) is 0 Å². The van der Waals surface area contributed by atoms with Gasteiger partial charge in [-0.05, 0) is 48.0 Å². The van der Waals surface area contributed by atoms with Crippen LogP contribution in [-0.2, 0) is 9.47 Å². The van der Waals surface area contributed by atoms with E-state index in [0.29, 0.717) is 5.56 Å². The summed E-state index contributed by atoms with van der Waals surface area (Å²) in [5, 5.41) is 71.7. The molecule has 2 aromatic rings. The lowest BCUT2D eigenvalue weighted by molar-refractivity contribution is -0.276. The van der Waals surface area contributed by atoms with Crippen molar-refractivity contribution >= 4 is 12.0 Å². The van der Waals surface area contributed by atoms with Gasteiger partial charge in [-0.25, -0.2) is 0 Å². The second kappa shape index (κ2) is 12.8. The van der Waals surface area contributed by atoms with Gasteiger partial charge in [0.05, 0.1) is 18.7 Å². The van der Waals surface area contributed by atoms with E-state index in [1.165, 1.54) is 49.6 Å². The molecule has 2 aliphatic heterocycles. The number of hydrogen-bond donors (Lipinski definition) is 7. The van der Waals surface area contributed by atoms with Gasteiger partial charge in [0.2, 0.25) is 12.9 Å². The second-order valence-electron chi connectivity index (χ2n) is 10.0. The predicted molar refractivity (Wildman–Crippen MR) is 156 cm³/mol. The number of phenolic OH excluding ortho intramolecular Hbond substituents is 4. The lowest BCUT2D eigenvalue weighted by Gasteiger charge is -2.39. The fraction of sp³-hybridized carbons (Fsp3) is 0.226. The molecule has 0 saturated carbocycles. The van der Waals surface area contributed by atoms with E-state index in [1.54, 1.807) is 6.07 Å². The molecule has 5 rings (SSSR count). The van der Waals surface area contributed by atoms with E-state index in [9.17, 15) is 45.3 Å². The molecule has 2 aromatic carbocycles. The number of methoxy groups -OCH3 is 1. The van der Waals surface area contributed by atoms with Crippen LogP contribution in [0.1, 0.15) is 5.56 Å². The zero-order valence-electron chi connectivity index (χ0n) is 23.5. The van der Waals surface area contributed by atoms with E-state index >= 15 is 0 Å². The number of rotatable bonds is 8. The summed E-state index contributed by atoms with van der Waals surface area (Å²) in [5.41, 5.74) is 0.193. The van der Waals surface area contributed by atoms with E-state index in [-0.39, 0.29) is 39.9 Å². The van der Waals surface area contributed by atoms with Gasteiger partial charge in [0.1, 0.15) is 29.8 Å². The maximum absolute atomic E-state index is 12.0. The highest BCUT2D eigenvalue weighted by molar-refractivity contribution is 5.88. The molecule has 5 atom stereocenters. The minimum absolute atomic E-state index is 0.0414. The van der Waals surface area contributed by atoms with Gasteiger partial charge in [0, 0.05) is 17.7 Å². The van der Waals surface area contributed by atoms with Crippen LogP contribution >= 0.6 is 0 Å². The number of carbonyl (C=O) groups excluding carboxylic acids is 1. The number of aliphatic hydroxyl groups excluding tert-OH is 3. The molecule has 3 aliphatic rings. The van der Waals surface area contributed by atoms with Crippen LogP contribution in [-0.4, -0.2) is 90.9 Å². The largest absolute Gasteiger partial charge is 0.510 e. The van der Waals surface area contributed by atoms with Crippen LogP contribution in [0, 0.1) is 0 Å². The van der Waals surface area contributed by atoms with Crippen LogP contribution in [0.25, 0.3) is 28.7 Å². The summed E-state index contributed by atoms with van der Waals surface area (Å²) in [6.07, 6.45) is -5.65. The van der Waals surface area contributed by atoms with Gasteiger partial charge < -0.3 is 63.9 Å². The molecule has 45 heavy (non-hydrogen) atoms. The molecule has 0 radical (unpaired) electrons. The van der Waals surface area contributed by atoms with Gasteiger partial charge in [-0.1, -0.05) is 6.07 Å². The Hall–Kier alpha value is -5.28. The third-order valence-corrected chi connectivity index (χ3v) is 6.97. The third-order valence-electron chi connectivity index (χ3n) is 6.97. The Kier molecular flexibility index (Phi) is 8.83. The maximum Gasteiger partial charge on any atom is 0.510 e. The highest BCUT2D eigenvalue weighted by Gasteiger charge is 2.47. The Morgan fingerprint density at radius 3 is 2.36 bits per heavy atom. The minimum atomic E-state index is -1.81. The first-order valence-corrected chi connectivity index (χ1v) is 13.4. The SMILES string of the molecule is COc1cc(C=CC(=[OH+])OC[C@H]2O[C@@H](Oc3cc4c(O)cc(=O)cc-4oc3-c3ccc(O)c(O)c3)[C@H](O)[C@@H](O)[C@@H]2O)ccc1O. The highest BCUT2D eigenvalue weighted by atomic mass is 16.7. The maximum atomic E-state index is 12.0. The zero-order valence-corrected chi connectivity index (χ0v) is 23.5. The summed E-state index contributed by atoms with van der Waals surface area (Å²) in [5.74, 6) is -2.17. The molecule has 0 aromatic heterocycles. The molecule has 8 N–H and O–H groups in total. The Morgan fingerprint density at radius 2 is 1.62 bits per heavy atom. The number of phenols is 4. The van der Waals surface area contributed by atoms with Crippen molar-refractivity contribution in [2.75, 3.05) is 13.7 Å². The third kappa shape index (κ3) is 6.63. The van der Waals surface area contributed by atoms with Crippen molar-refractivity contribution in [1.29, 1.82) is 0 Å². The van der Waals surface area contributed by atoms with Crippen molar-refractivity contribution in [3.63, 3.8) is 0 Å². The van der Waals surface area contributed by atoms with Gasteiger partial charge in [0.15, 0.2) is 46.0 Å². The molecule has 1 saturated heterocycles. The van der Waals surface area contributed by atoms with E-state index < -0.39 is 66.0 Å². The van der Waals surface area contributed by atoms with Gasteiger partial charge in [0.25, 0.3) is 0 Å². The highest BCUT2D eigenvalue weighted by Crippen LogP contribution is 2.43. The summed E-state index contributed by atoms with van der Waals surface area (Å²) in [7, 11) is 1.38. The molecule has 1 fully saturated rings. The van der Waals surface area contributed by atoms with Crippen LogP contribution in [0.2, 0.25) is 0 Å². The van der Waals surface area contributed by atoms with E-state index in [1.807, 2.05) is 0 Å². The molecule has 0 amide bonds. The molecule has 0 unspecified atom stereocenters. The van der Waals surface area contributed by atoms with Crippen LogP contribution in [0.3, 0.4) is 0 Å². The average Bonchev–Trinajstić information content (AvgIpc) is 3.01. The van der Waals surface area contributed by atoms with Crippen LogP contribution in [0.5, 0.6) is 34.5 Å². The van der Waals surface area contributed by atoms with E-state index in [2.05, 4.69) is 0 Å². The molecule has 14 heteroatoms. The first-order valence-electron chi connectivity index (χ1n) is 13.4. The summed E-state index contributed by atoms with van der Waals surface area (Å²) in [6.45, 7) is -0.506. The van der Waals surface area contributed by atoms with Crippen molar-refractivity contribution in [3.8, 4) is 57.1 Å². The van der Waals surface area contributed by atoms with Crippen molar-refractivity contribution in [3.05, 3.63) is 76.5 Å². The quantitative estimate of drug-likeness (QED) is 0.0640. The summed E-state index contributed by atoms with van der Waals surface area (Å²) in [6, 6.07) is 11.5. The van der Waals surface area contributed by atoms with Crippen molar-refractivity contribution in [1.82, 2.24) is 0 Å². The average molecular weight is 626 g/mol. The van der Waals surface area contributed by atoms with Crippen LogP contribution in [0.15, 0.2) is 69.9 Å². The molecule has 0 bridgehead atoms. The first kappa shape index (κ1) is 31.2. The summed E-state index contributed by atoms with van der Waals surface area (Å²) in [4.78, 5) is 22.2. The Balaban J connectivity index is 1.38. The summed E-state index contributed by atoms with van der Waals surface area (Å²) < 4.78 is 27.7. The molecule has 14 nitrogen and oxygen atoms in total. The standard InChI is InChI=1S/C31H28O14/c1-41-23-8-14(2-5-19(23)34)3-7-26(37)42-13-25-27(38)28(39)29(40)31(45-25)44-24-12-17-20(35)10-16(32)11-22(17)43-30(24)15-4-6-18(33)21(36)9-15/h2-12,25,27-29,31,33-36,38-40H,13H2,1H3/p+1/t25-,27-,28+,29-,31-/m1/s1. The van der Waals surface area contributed by atoms with E-state index in [0.717, 1.165) is 18.2 Å². The second-order valence-corrected chi connectivity index (χ2v) is 10.0. The predicted octanol–water partition coefficient (Wildman–Crippen LogP) is 1.66. The number of hydrogen-bond acceptors (Lipinski definition) is 13. The number of esters is 1. The van der Waals surface area contributed by atoms with Gasteiger partial charge >= 0.3 is 5.97 Å². The topological polar surface area (TPSA) is 230 Å². The zero-order chi connectivity index (χ0) is 32.4. The van der Waals surface area contributed by atoms with E-state index in [4.69, 9.17) is 23.4 Å². The normalized spacial score (nSPS) is 21.6. The lowest BCUT2D eigenvalue weighted by atomic mass is 9.99. The minimum Gasteiger partial charge on any atom is -0.507 e. The monoisotopic (exact) mass is 625 g/mol. The van der Waals surface area contributed by atoms with Crippen molar-refractivity contribution in [2.45, 2.75) is 30.7 Å². The Bertz CT molecular complexity index is 1760. The number of aromatic hydroxyl groups is 4. The molecule has 1 aliphatic carbocycles. The van der Waals surface area contributed by atoms with Gasteiger partial charge in [-0.3, -0.25) is 4.79 Å². The van der Waals surface area contributed by atoms with Crippen LogP contribution < -0.4 is 14.9 Å². The molecular weight excluding hydrogens is 596 g/mol. The molecular formula is C31H29O14+. The number of benzene rings is 3.